The van der Waals surface area contributed by atoms with Gasteiger partial charge in [0.05, 0.1) is 23.3 Å². The number of nitriles is 2. The minimum absolute atomic E-state index is 0.612. The molecule has 0 fully saturated rings. The van der Waals surface area contributed by atoms with E-state index in [0.717, 1.165) is 22.3 Å². The second-order valence-electron chi connectivity index (χ2n) is 4.30. The van der Waals surface area contributed by atoms with E-state index in [4.69, 9.17) is 5.26 Å². The van der Waals surface area contributed by atoms with Crippen molar-refractivity contribution < 1.29 is 0 Å². The molecule has 0 atom stereocenters. The molecule has 0 saturated heterocycles. The van der Waals surface area contributed by atoms with Crippen molar-refractivity contribution in [3.05, 3.63) is 58.7 Å². The van der Waals surface area contributed by atoms with Gasteiger partial charge in [0, 0.05) is 5.56 Å². The fraction of sp³-hybridized carbons (Fsp3) is 0.125. The van der Waals surface area contributed by atoms with Crippen LogP contribution in [-0.4, -0.2) is 0 Å². The molecular weight excluding hydrogens is 220 g/mol. The maximum Gasteiger partial charge on any atom is 0.0998 e. The largest absolute Gasteiger partial charge is 0.192 e. The van der Waals surface area contributed by atoms with Crippen molar-refractivity contribution in [1.82, 2.24) is 0 Å². The number of nitrogens with zero attached hydrogens (tertiary/aromatic N) is 2. The molecule has 0 spiro atoms. The summed E-state index contributed by atoms with van der Waals surface area (Å²) in [5.74, 6) is 0. The number of aryl methyl sites for hydroxylation is 2. The summed E-state index contributed by atoms with van der Waals surface area (Å²) in [7, 11) is 0. The molecule has 2 nitrogen and oxygen atoms in total. The molecule has 0 amide bonds. The van der Waals surface area contributed by atoms with E-state index in [2.05, 4.69) is 12.1 Å². The highest BCUT2D eigenvalue weighted by atomic mass is 14.3. The van der Waals surface area contributed by atoms with Crippen molar-refractivity contribution in [3.8, 4) is 23.3 Å². The smallest absolute Gasteiger partial charge is 0.0998 e. The summed E-state index contributed by atoms with van der Waals surface area (Å²) in [5, 5.41) is 18.1. The van der Waals surface area contributed by atoms with Crippen LogP contribution in [0.25, 0.3) is 11.1 Å². The summed E-state index contributed by atoms with van der Waals surface area (Å²) in [6.07, 6.45) is 0. The summed E-state index contributed by atoms with van der Waals surface area (Å²) in [6, 6.07) is 15.6. The van der Waals surface area contributed by atoms with Crippen LogP contribution >= 0.6 is 0 Å². The SMILES string of the molecule is Cc1ccc(C#N)c(-c2cc(C#N)ccc2C)c1. The Morgan fingerprint density at radius 3 is 2.28 bits per heavy atom. The first-order valence-corrected chi connectivity index (χ1v) is 5.67. The van der Waals surface area contributed by atoms with E-state index in [1.54, 1.807) is 6.07 Å². The van der Waals surface area contributed by atoms with E-state index in [1.807, 2.05) is 44.2 Å². The Hall–Kier alpha value is -2.58. The lowest BCUT2D eigenvalue weighted by atomic mass is 9.93. The fourth-order valence-electron chi connectivity index (χ4n) is 1.96. The normalized spacial score (nSPS) is 9.56. The zero-order chi connectivity index (χ0) is 13.1. The van der Waals surface area contributed by atoms with Gasteiger partial charge in [-0.15, -0.1) is 0 Å². The van der Waals surface area contributed by atoms with Crippen molar-refractivity contribution in [2.24, 2.45) is 0 Å². The van der Waals surface area contributed by atoms with Gasteiger partial charge in [0.1, 0.15) is 0 Å². The second kappa shape index (κ2) is 4.73. The van der Waals surface area contributed by atoms with Crippen LogP contribution in [0.15, 0.2) is 36.4 Å². The van der Waals surface area contributed by atoms with Crippen LogP contribution in [0.1, 0.15) is 22.3 Å². The van der Waals surface area contributed by atoms with Crippen LogP contribution < -0.4 is 0 Å². The molecule has 0 heterocycles. The van der Waals surface area contributed by atoms with Crippen molar-refractivity contribution in [2.75, 3.05) is 0 Å². The van der Waals surface area contributed by atoms with Crippen molar-refractivity contribution in [2.45, 2.75) is 13.8 Å². The van der Waals surface area contributed by atoms with Gasteiger partial charge in [-0.25, -0.2) is 0 Å². The summed E-state index contributed by atoms with van der Waals surface area (Å²) in [5.41, 5.74) is 5.27. The first-order valence-electron chi connectivity index (χ1n) is 5.67. The average Bonchev–Trinajstić information content (AvgIpc) is 2.39. The molecule has 18 heavy (non-hydrogen) atoms. The van der Waals surface area contributed by atoms with Gasteiger partial charge in [-0.05, 0) is 43.2 Å². The van der Waals surface area contributed by atoms with Gasteiger partial charge in [-0.2, -0.15) is 10.5 Å². The second-order valence-corrected chi connectivity index (χ2v) is 4.30. The summed E-state index contributed by atoms with van der Waals surface area (Å²) < 4.78 is 0. The fourth-order valence-corrected chi connectivity index (χ4v) is 1.96. The first kappa shape index (κ1) is 11.9. The van der Waals surface area contributed by atoms with E-state index in [0.29, 0.717) is 11.1 Å². The highest BCUT2D eigenvalue weighted by molar-refractivity contribution is 5.74. The van der Waals surface area contributed by atoms with Gasteiger partial charge in [-0.1, -0.05) is 23.8 Å². The Morgan fingerprint density at radius 1 is 0.833 bits per heavy atom. The monoisotopic (exact) mass is 232 g/mol. The van der Waals surface area contributed by atoms with Crippen molar-refractivity contribution in [1.29, 1.82) is 10.5 Å². The molecule has 2 heteroatoms. The molecule has 0 N–H and O–H groups in total. The molecule has 0 bridgehead atoms. The predicted molar refractivity (Wildman–Crippen MR) is 70.8 cm³/mol. The maximum absolute atomic E-state index is 9.17. The summed E-state index contributed by atoms with van der Waals surface area (Å²) >= 11 is 0. The molecule has 2 aromatic rings. The van der Waals surface area contributed by atoms with Crippen LogP contribution in [-0.2, 0) is 0 Å². The Morgan fingerprint density at radius 2 is 1.61 bits per heavy atom. The Labute approximate surface area is 107 Å². The lowest BCUT2D eigenvalue weighted by Crippen LogP contribution is -1.90. The number of hydrogen-bond acceptors (Lipinski definition) is 2. The molecule has 2 rings (SSSR count). The van der Waals surface area contributed by atoms with Crippen LogP contribution in [0.3, 0.4) is 0 Å². The van der Waals surface area contributed by atoms with Gasteiger partial charge >= 0.3 is 0 Å². The topological polar surface area (TPSA) is 47.6 Å². The third-order valence-corrected chi connectivity index (χ3v) is 2.95. The van der Waals surface area contributed by atoms with Gasteiger partial charge in [0.25, 0.3) is 0 Å². The molecular formula is C16H12N2. The first-order chi connectivity index (χ1) is 8.65. The molecule has 0 aliphatic carbocycles. The summed E-state index contributed by atoms with van der Waals surface area (Å²) in [4.78, 5) is 0. The quantitative estimate of drug-likeness (QED) is 0.752. The Bertz CT molecular complexity index is 685. The minimum atomic E-state index is 0.612. The lowest BCUT2D eigenvalue weighted by molar-refractivity contribution is 1.38. The number of benzene rings is 2. The van der Waals surface area contributed by atoms with Crippen LogP contribution in [0.4, 0.5) is 0 Å². The predicted octanol–water partition coefficient (Wildman–Crippen LogP) is 3.71. The average molecular weight is 232 g/mol. The van der Waals surface area contributed by atoms with Gasteiger partial charge in [0.2, 0.25) is 0 Å². The zero-order valence-electron chi connectivity index (χ0n) is 10.4. The van der Waals surface area contributed by atoms with Crippen LogP contribution in [0.2, 0.25) is 0 Å². The standard InChI is InChI=1S/C16H12N2/c1-11-3-6-14(10-18)16(7-11)15-8-13(9-17)5-4-12(15)2/h3-8H,1-2H3. The molecule has 0 saturated carbocycles. The lowest BCUT2D eigenvalue weighted by Gasteiger charge is -2.09. The van der Waals surface area contributed by atoms with E-state index < -0.39 is 0 Å². The van der Waals surface area contributed by atoms with Gasteiger partial charge < -0.3 is 0 Å². The molecule has 0 radical (unpaired) electrons. The summed E-state index contributed by atoms with van der Waals surface area (Å²) in [6.45, 7) is 3.98. The number of hydrogen-bond donors (Lipinski definition) is 0. The van der Waals surface area contributed by atoms with Gasteiger partial charge in [-0.3, -0.25) is 0 Å². The molecule has 0 unspecified atom stereocenters. The zero-order valence-corrected chi connectivity index (χ0v) is 10.4. The van der Waals surface area contributed by atoms with E-state index in [9.17, 15) is 5.26 Å². The molecule has 0 aromatic heterocycles. The molecule has 2 aromatic carbocycles. The van der Waals surface area contributed by atoms with E-state index in [1.165, 1.54) is 0 Å². The Kier molecular flexibility index (Phi) is 3.13. The van der Waals surface area contributed by atoms with Gasteiger partial charge in [0.15, 0.2) is 0 Å². The third-order valence-electron chi connectivity index (χ3n) is 2.95. The Balaban J connectivity index is 2.73. The number of rotatable bonds is 1. The maximum atomic E-state index is 9.17. The van der Waals surface area contributed by atoms with E-state index >= 15 is 0 Å². The van der Waals surface area contributed by atoms with Crippen molar-refractivity contribution >= 4 is 0 Å². The highest BCUT2D eigenvalue weighted by Crippen LogP contribution is 2.28. The molecule has 0 aliphatic heterocycles. The van der Waals surface area contributed by atoms with Crippen LogP contribution in [0, 0.1) is 36.5 Å². The van der Waals surface area contributed by atoms with Crippen LogP contribution in [0.5, 0.6) is 0 Å². The molecule has 0 aliphatic rings. The minimum Gasteiger partial charge on any atom is -0.192 e. The highest BCUT2D eigenvalue weighted by Gasteiger charge is 2.08. The molecule has 86 valence electrons. The third kappa shape index (κ3) is 2.10. The van der Waals surface area contributed by atoms with E-state index in [-0.39, 0.29) is 0 Å². The van der Waals surface area contributed by atoms with Crippen molar-refractivity contribution in [3.63, 3.8) is 0 Å².